The third kappa shape index (κ3) is 3.20. The summed E-state index contributed by atoms with van der Waals surface area (Å²) in [4.78, 5) is 10.3. The van der Waals surface area contributed by atoms with Crippen LogP contribution in [-0.2, 0) is 4.79 Å². The van der Waals surface area contributed by atoms with E-state index < -0.39 is 5.82 Å². The van der Waals surface area contributed by atoms with Gasteiger partial charge in [-0.25, -0.2) is 4.39 Å². The molecule has 0 aliphatic heterocycles. The highest BCUT2D eigenvalue weighted by atomic mass is 19.1. The second-order valence-electron chi connectivity index (χ2n) is 3.67. The van der Waals surface area contributed by atoms with Crippen molar-refractivity contribution in [1.29, 1.82) is 0 Å². The molecule has 5 heteroatoms. The zero-order valence-electron chi connectivity index (χ0n) is 9.29. The molecule has 3 N–H and O–H groups in total. The largest absolute Gasteiger partial charge is 0.490 e. The first-order chi connectivity index (χ1) is 7.54. The summed E-state index contributed by atoms with van der Waals surface area (Å²) in [5.41, 5.74) is 6.29. The number of benzene rings is 1. The van der Waals surface area contributed by atoms with Crippen LogP contribution >= 0.6 is 0 Å². The van der Waals surface area contributed by atoms with Crippen LogP contribution in [0.1, 0.15) is 12.5 Å². The first-order valence-electron chi connectivity index (χ1n) is 4.93. The van der Waals surface area contributed by atoms with Crippen molar-refractivity contribution in [1.82, 2.24) is 0 Å². The van der Waals surface area contributed by atoms with Gasteiger partial charge in [0.15, 0.2) is 5.82 Å². The molecule has 88 valence electrons. The number of nitrogens with one attached hydrogen (secondary N) is 1. The van der Waals surface area contributed by atoms with Crippen LogP contribution in [0.4, 0.5) is 10.1 Å². The number of carbonyl (C=O) groups is 1. The lowest BCUT2D eigenvalue weighted by Gasteiger charge is -2.13. The van der Waals surface area contributed by atoms with Crippen LogP contribution < -0.4 is 15.8 Å². The molecular formula is C11H15FN2O2. The molecule has 0 saturated heterocycles. The fraction of sp³-hybridized carbons (Fsp3) is 0.364. The van der Waals surface area contributed by atoms with Crippen molar-refractivity contribution in [3.63, 3.8) is 0 Å². The minimum Gasteiger partial charge on any atom is -0.490 e. The predicted octanol–water partition coefficient (Wildman–Crippen LogP) is 1.43. The summed E-state index contributed by atoms with van der Waals surface area (Å²) in [6.07, 6.45) is 0.409. The van der Waals surface area contributed by atoms with E-state index in [1.165, 1.54) is 6.07 Å². The SMILES string of the molecule is Cc1cc(F)c(NC=O)c(OC[C@@H](C)N)c1. The molecule has 16 heavy (non-hydrogen) atoms. The van der Waals surface area contributed by atoms with E-state index in [1.54, 1.807) is 19.9 Å². The maximum Gasteiger partial charge on any atom is 0.211 e. The van der Waals surface area contributed by atoms with Crippen LogP contribution in [0.25, 0.3) is 0 Å². The Bertz CT molecular complexity index is 380. The van der Waals surface area contributed by atoms with E-state index in [9.17, 15) is 9.18 Å². The summed E-state index contributed by atoms with van der Waals surface area (Å²) in [6.45, 7) is 3.78. The molecule has 1 rings (SSSR count). The second-order valence-corrected chi connectivity index (χ2v) is 3.67. The van der Waals surface area contributed by atoms with E-state index in [2.05, 4.69) is 5.32 Å². The Morgan fingerprint density at radius 1 is 1.62 bits per heavy atom. The monoisotopic (exact) mass is 226 g/mol. The molecule has 0 saturated carbocycles. The number of ether oxygens (including phenoxy) is 1. The fourth-order valence-electron chi connectivity index (χ4n) is 1.24. The number of aryl methyl sites for hydroxylation is 1. The predicted molar refractivity (Wildman–Crippen MR) is 60.0 cm³/mol. The maximum atomic E-state index is 13.5. The normalized spacial score (nSPS) is 12.0. The van der Waals surface area contributed by atoms with E-state index in [4.69, 9.17) is 10.5 Å². The molecule has 0 fully saturated rings. The molecule has 0 spiro atoms. The Balaban J connectivity index is 2.98. The van der Waals surface area contributed by atoms with Crippen LogP contribution in [0.3, 0.4) is 0 Å². The smallest absolute Gasteiger partial charge is 0.211 e. The van der Waals surface area contributed by atoms with Gasteiger partial charge in [-0.15, -0.1) is 0 Å². The average molecular weight is 226 g/mol. The number of halogens is 1. The molecule has 1 atom stereocenters. The molecule has 0 aromatic heterocycles. The van der Waals surface area contributed by atoms with Crippen molar-refractivity contribution in [2.45, 2.75) is 19.9 Å². The number of amides is 1. The Morgan fingerprint density at radius 3 is 2.88 bits per heavy atom. The van der Waals surface area contributed by atoms with Crippen molar-refractivity contribution in [3.8, 4) is 5.75 Å². The second kappa shape index (κ2) is 5.46. The zero-order valence-corrected chi connectivity index (χ0v) is 9.29. The summed E-state index contributed by atoms with van der Waals surface area (Å²) in [5, 5.41) is 2.27. The Kier molecular flexibility index (Phi) is 4.25. The van der Waals surface area contributed by atoms with Crippen molar-refractivity contribution >= 4 is 12.1 Å². The number of anilines is 1. The first kappa shape index (κ1) is 12.4. The van der Waals surface area contributed by atoms with Gasteiger partial charge in [-0.2, -0.15) is 0 Å². The molecule has 0 aliphatic rings. The average Bonchev–Trinajstić information content (AvgIpc) is 2.19. The van der Waals surface area contributed by atoms with E-state index in [0.29, 0.717) is 17.7 Å². The van der Waals surface area contributed by atoms with Gasteiger partial charge in [0.25, 0.3) is 0 Å². The third-order valence-corrected chi connectivity index (χ3v) is 1.90. The van der Waals surface area contributed by atoms with Crippen LogP contribution in [0.15, 0.2) is 12.1 Å². The highest BCUT2D eigenvalue weighted by Crippen LogP contribution is 2.28. The number of nitrogens with two attached hydrogens (primary N) is 1. The van der Waals surface area contributed by atoms with Gasteiger partial charge < -0.3 is 15.8 Å². The highest BCUT2D eigenvalue weighted by molar-refractivity contribution is 5.76. The van der Waals surface area contributed by atoms with E-state index >= 15 is 0 Å². The van der Waals surface area contributed by atoms with Crippen molar-refractivity contribution in [2.24, 2.45) is 5.73 Å². The number of carbonyl (C=O) groups excluding carboxylic acids is 1. The minimum absolute atomic E-state index is 0.0428. The lowest BCUT2D eigenvalue weighted by Crippen LogP contribution is -2.24. The summed E-state index contributed by atoms with van der Waals surface area (Å²) in [7, 11) is 0. The van der Waals surface area contributed by atoms with Crippen LogP contribution in [0, 0.1) is 12.7 Å². The number of hydrogen-bond donors (Lipinski definition) is 2. The van der Waals surface area contributed by atoms with Crippen LogP contribution in [-0.4, -0.2) is 19.1 Å². The minimum atomic E-state index is -0.522. The summed E-state index contributed by atoms with van der Waals surface area (Å²) in [6, 6.07) is 2.81. The van der Waals surface area contributed by atoms with Gasteiger partial charge >= 0.3 is 0 Å². The summed E-state index contributed by atoms with van der Waals surface area (Å²) < 4.78 is 18.8. The molecule has 0 aliphatic carbocycles. The molecule has 1 aromatic rings. The Hall–Kier alpha value is -1.62. The third-order valence-electron chi connectivity index (χ3n) is 1.90. The van der Waals surface area contributed by atoms with E-state index in [0.717, 1.165) is 0 Å². The summed E-state index contributed by atoms with van der Waals surface area (Å²) in [5.74, 6) is -0.228. The fourth-order valence-corrected chi connectivity index (χ4v) is 1.24. The molecule has 0 unspecified atom stereocenters. The van der Waals surface area contributed by atoms with Crippen LogP contribution in [0.5, 0.6) is 5.75 Å². The van der Waals surface area contributed by atoms with Gasteiger partial charge in [0, 0.05) is 6.04 Å². The molecule has 4 nitrogen and oxygen atoms in total. The molecule has 1 aromatic carbocycles. The lowest BCUT2D eigenvalue weighted by molar-refractivity contribution is -0.105. The Morgan fingerprint density at radius 2 is 2.31 bits per heavy atom. The standard InChI is InChI=1S/C11H15FN2O2/c1-7-3-9(12)11(14-6-15)10(4-7)16-5-8(2)13/h3-4,6,8H,5,13H2,1-2H3,(H,14,15)/t8-/m1/s1. The molecule has 1 amide bonds. The summed E-state index contributed by atoms with van der Waals surface area (Å²) >= 11 is 0. The van der Waals surface area contributed by atoms with Crippen molar-refractivity contribution < 1.29 is 13.9 Å². The van der Waals surface area contributed by atoms with E-state index in [1.807, 2.05) is 0 Å². The van der Waals surface area contributed by atoms with Crippen molar-refractivity contribution in [3.05, 3.63) is 23.5 Å². The lowest BCUT2D eigenvalue weighted by atomic mass is 10.2. The number of hydrogen-bond acceptors (Lipinski definition) is 3. The van der Waals surface area contributed by atoms with Crippen molar-refractivity contribution in [2.75, 3.05) is 11.9 Å². The van der Waals surface area contributed by atoms with Gasteiger partial charge in [0.1, 0.15) is 18.0 Å². The van der Waals surface area contributed by atoms with Gasteiger partial charge in [-0.05, 0) is 31.5 Å². The molecule has 0 heterocycles. The molecule has 0 radical (unpaired) electrons. The Labute approximate surface area is 93.6 Å². The van der Waals surface area contributed by atoms with Gasteiger partial charge in [0.2, 0.25) is 6.41 Å². The topological polar surface area (TPSA) is 64.3 Å². The van der Waals surface area contributed by atoms with Gasteiger partial charge in [0.05, 0.1) is 0 Å². The first-order valence-corrected chi connectivity index (χ1v) is 4.93. The van der Waals surface area contributed by atoms with Gasteiger partial charge in [-0.1, -0.05) is 0 Å². The zero-order chi connectivity index (χ0) is 12.1. The number of rotatable bonds is 5. The van der Waals surface area contributed by atoms with Crippen LogP contribution in [0.2, 0.25) is 0 Å². The van der Waals surface area contributed by atoms with E-state index in [-0.39, 0.29) is 18.3 Å². The quantitative estimate of drug-likeness (QED) is 0.746. The highest BCUT2D eigenvalue weighted by Gasteiger charge is 2.11. The molecular weight excluding hydrogens is 211 g/mol. The van der Waals surface area contributed by atoms with Gasteiger partial charge in [-0.3, -0.25) is 4.79 Å². The maximum absolute atomic E-state index is 13.5. The molecule has 0 bridgehead atoms.